The zero-order valence-electron chi connectivity index (χ0n) is 15.3. The summed E-state index contributed by atoms with van der Waals surface area (Å²) >= 11 is 0. The number of nitrogens with one attached hydrogen (secondary N) is 2. The number of aromatic amines is 2. The van der Waals surface area contributed by atoms with E-state index in [1.807, 2.05) is 30.3 Å². The summed E-state index contributed by atoms with van der Waals surface area (Å²) in [4.78, 5) is 35.3. The number of benzene rings is 1. The molecule has 2 heterocycles. The first kappa shape index (κ1) is 17.7. The molecule has 0 unspecified atom stereocenters. The number of imidazole rings is 1. The first-order chi connectivity index (χ1) is 12.3. The van der Waals surface area contributed by atoms with Crippen molar-refractivity contribution in [3.05, 3.63) is 85.0 Å². The summed E-state index contributed by atoms with van der Waals surface area (Å²) in [6.45, 7) is 6.16. The highest BCUT2D eigenvalue weighted by Gasteiger charge is 2.19. The summed E-state index contributed by atoms with van der Waals surface area (Å²) in [5.74, 6) is 0. The van der Waals surface area contributed by atoms with Gasteiger partial charge < -0.3 is 14.5 Å². The fourth-order valence-corrected chi connectivity index (χ4v) is 2.80. The summed E-state index contributed by atoms with van der Waals surface area (Å²) < 4.78 is 1.36. The van der Waals surface area contributed by atoms with E-state index in [2.05, 4.69) is 35.7 Å². The van der Waals surface area contributed by atoms with Crippen LogP contribution in [0.5, 0.6) is 0 Å². The van der Waals surface area contributed by atoms with E-state index in [-0.39, 0.29) is 21.9 Å². The number of hydrogen-bond donors (Lipinski definition) is 2. The number of hydrogen-bond acceptors (Lipinski definition) is 3. The second-order valence-electron chi connectivity index (χ2n) is 7.23. The molecule has 2 aromatic heterocycles. The average molecular weight is 350 g/mol. The molecule has 0 fully saturated rings. The lowest BCUT2D eigenvalue weighted by Gasteiger charge is -2.16. The van der Waals surface area contributed by atoms with Crippen LogP contribution in [-0.4, -0.2) is 19.5 Å². The van der Waals surface area contributed by atoms with E-state index in [1.165, 1.54) is 4.57 Å². The van der Waals surface area contributed by atoms with Crippen LogP contribution in [0.2, 0.25) is 0 Å². The Morgan fingerprint density at radius 2 is 1.77 bits per heavy atom. The predicted octanol–water partition coefficient (Wildman–Crippen LogP) is 0.752. The molecule has 0 atom stereocenters. The van der Waals surface area contributed by atoms with Gasteiger partial charge in [0.2, 0.25) is 0 Å². The van der Waals surface area contributed by atoms with E-state index < -0.39 is 0 Å². The van der Waals surface area contributed by atoms with Crippen molar-refractivity contribution in [1.82, 2.24) is 19.5 Å². The molecule has 0 amide bonds. The first-order valence-electron chi connectivity index (χ1n) is 8.39. The highest BCUT2D eigenvalue weighted by Crippen LogP contribution is 2.22. The highest BCUT2D eigenvalue weighted by molar-refractivity contribution is 5.49. The molecule has 0 bridgehead atoms. The molecule has 0 spiro atoms. The van der Waals surface area contributed by atoms with Crippen molar-refractivity contribution in [2.75, 3.05) is 0 Å². The van der Waals surface area contributed by atoms with E-state index in [1.54, 1.807) is 25.5 Å². The Bertz CT molecular complexity index is 1160. The third kappa shape index (κ3) is 3.44. The van der Waals surface area contributed by atoms with E-state index in [0.29, 0.717) is 11.0 Å². The number of rotatable bonds is 2. The smallest absolute Gasteiger partial charge is 0.274 e. The van der Waals surface area contributed by atoms with E-state index in [0.717, 1.165) is 11.3 Å². The van der Waals surface area contributed by atoms with E-state index >= 15 is 0 Å². The van der Waals surface area contributed by atoms with Gasteiger partial charge in [-0.05, 0) is 17.7 Å². The first-order valence-corrected chi connectivity index (χ1v) is 8.39. The van der Waals surface area contributed by atoms with Gasteiger partial charge in [-0.15, -0.1) is 0 Å². The molecule has 0 aliphatic carbocycles. The van der Waals surface area contributed by atoms with Crippen molar-refractivity contribution in [2.45, 2.75) is 26.2 Å². The van der Waals surface area contributed by atoms with Crippen molar-refractivity contribution in [1.29, 1.82) is 0 Å². The third-order valence-corrected chi connectivity index (χ3v) is 4.18. The molecular weight excluding hydrogens is 328 g/mol. The number of H-pyrrole nitrogens is 2. The van der Waals surface area contributed by atoms with Gasteiger partial charge in [0.1, 0.15) is 10.7 Å². The molecule has 0 aliphatic heterocycles. The molecule has 0 radical (unpaired) electrons. The second kappa shape index (κ2) is 6.63. The Kier molecular flexibility index (Phi) is 4.50. The van der Waals surface area contributed by atoms with Crippen LogP contribution in [0.15, 0.2) is 46.2 Å². The van der Waals surface area contributed by atoms with Gasteiger partial charge in [-0.2, -0.15) is 0 Å². The lowest BCUT2D eigenvalue weighted by Crippen LogP contribution is -2.52. The Hall–Kier alpha value is -3.15. The monoisotopic (exact) mass is 350 g/mol. The average Bonchev–Trinajstić information content (AvgIpc) is 3.06. The van der Waals surface area contributed by atoms with Crippen LogP contribution in [0.4, 0.5) is 0 Å². The molecule has 0 aliphatic rings. The van der Waals surface area contributed by atoms with Crippen molar-refractivity contribution < 1.29 is 0 Å². The maximum atomic E-state index is 12.7. The van der Waals surface area contributed by atoms with Gasteiger partial charge >= 0.3 is 0 Å². The van der Waals surface area contributed by atoms with Crippen molar-refractivity contribution in [3.63, 3.8) is 0 Å². The molecule has 2 N–H and O–H groups in total. The Morgan fingerprint density at radius 3 is 2.42 bits per heavy atom. The maximum absolute atomic E-state index is 12.7. The van der Waals surface area contributed by atoms with Crippen LogP contribution >= 0.6 is 0 Å². The minimum Gasteiger partial charge on any atom is -0.348 e. The zero-order chi connectivity index (χ0) is 18.9. The van der Waals surface area contributed by atoms with Crippen LogP contribution in [0.3, 0.4) is 0 Å². The third-order valence-electron chi connectivity index (χ3n) is 4.18. The SMILES string of the molecule is Cn1c(=O)/c(=C/c2nc[nH]c2C(C)(C)C)[nH]c(=O)/c1=C\c1ccccc1. The predicted molar refractivity (Wildman–Crippen MR) is 102 cm³/mol. The zero-order valence-corrected chi connectivity index (χ0v) is 15.3. The maximum Gasteiger partial charge on any atom is 0.274 e. The molecule has 134 valence electrons. The second-order valence-corrected chi connectivity index (χ2v) is 7.23. The molecule has 6 heteroatoms. The minimum atomic E-state index is -0.324. The Labute approximate surface area is 150 Å². The van der Waals surface area contributed by atoms with Crippen LogP contribution in [-0.2, 0) is 12.5 Å². The van der Waals surface area contributed by atoms with Crippen molar-refractivity contribution in [3.8, 4) is 0 Å². The Balaban J connectivity index is 2.22. The normalized spacial score (nSPS) is 13.4. The van der Waals surface area contributed by atoms with E-state index in [4.69, 9.17) is 0 Å². The topological polar surface area (TPSA) is 83.5 Å². The van der Waals surface area contributed by atoms with Gasteiger partial charge in [-0.3, -0.25) is 9.59 Å². The fraction of sp³-hybridized carbons (Fsp3) is 0.250. The van der Waals surface area contributed by atoms with Gasteiger partial charge in [0, 0.05) is 18.2 Å². The quantitative estimate of drug-likeness (QED) is 0.715. The van der Waals surface area contributed by atoms with Crippen LogP contribution in [0.1, 0.15) is 37.7 Å². The molecule has 0 saturated heterocycles. The number of nitrogens with zero attached hydrogens (tertiary/aromatic N) is 2. The molecule has 0 saturated carbocycles. The highest BCUT2D eigenvalue weighted by atomic mass is 16.1. The van der Waals surface area contributed by atoms with Crippen LogP contribution in [0.25, 0.3) is 12.2 Å². The molecule has 3 rings (SSSR count). The van der Waals surface area contributed by atoms with Crippen molar-refractivity contribution >= 4 is 12.2 Å². The summed E-state index contributed by atoms with van der Waals surface area (Å²) in [6, 6.07) is 9.42. The molecule has 1 aromatic carbocycles. The molecule has 26 heavy (non-hydrogen) atoms. The van der Waals surface area contributed by atoms with Gasteiger partial charge in [0.05, 0.1) is 12.0 Å². The largest absolute Gasteiger partial charge is 0.348 e. The minimum absolute atomic E-state index is 0.158. The summed E-state index contributed by atoms with van der Waals surface area (Å²) in [6.07, 6.45) is 4.90. The van der Waals surface area contributed by atoms with E-state index in [9.17, 15) is 9.59 Å². The van der Waals surface area contributed by atoms with Gasteiger partial charge in [0.15, 0.2) is 0 Å². The van der Waals surface area contributed by atoms with Crippen molar-refractivity contribution in [2.24, 2.45) is 7.05 Å². The molecule has 6 nitrogen and oxygen atoms in total. The standard InChI is InChI=1S/C20H22N4O2/c1-20(2,3)17-14(21-12-22-17)11-15-19(26)24(4)16(18(25)23-15)10-13-8-6-5-7-9-13/h5-12H,1-4H3,(H,21,22)(H,23,25)/b15-11-,16-10+. The molecule has 3 aromatic rings. The Morgan fingerprint density at radius 1 is 1.08 bits per heavy atom. The van der Waals surface area contributed by atoms with Gasteiger partial charge in [-0.25, -0.2) is 4.98 Å². The van der Waals surface area contributed by atoms with Gasteiger partial charge in [-0.1, -0.05) is 51.1 Å². The number of aromatic nitrogens is 4. The van der Waals surface area contributed by atoms with Crippen LogP contribution in [0, 0.1) is 0 Å². The molecular formula is C20H22N4O2. The van der Waals surface area contributed by atoms with Crippen LogP contribution < -0.4 is 21.8 Å². The summed E-state index contributed by atoms with van der Waals surface area (Å²) in [5.41, 5.74) is 1.64. The lowest BCUT2D eigenvalue weighted by molar-refractivity contribution is 0.571. The summed E-state index contributed by atoms with van der Waals surface area (Å²) in [7, 11) is 1.60. The van der Waals surface area contributed by atoms with Gasteiger partial charge in [0.25, 0.3) is 11.1 Å². The lowest BCUT2D eigenvalue weighted by atomic mass is 9.90. The summed E-state index contributed by atoms with van der Waals surface area (Å²) in [5, 5.41) is 0.511. The fourth-order valence-electron chi connectivity index (χ4n) is 2.80.